The van der Waals surface area contributed by atoms with Crippen molar-refractivity contribution in [3.05, 3.63) is 84.6 Å². The first-order valence-electron chi connectivity index (χ1n) is 8.63. The van der Waals surface area contributed by atoms with Crippen molar-refractivity contribution in [2.24, 2.45) is 0 Å². The lowest BCUT2D eigenvalue weighted by molar-refractivity contribution is 0.0907. The highest BCUT2D eigenvalue weighted by Gasteiger charge is 2.20. The van der Waals surface area contributed by atoms with E-state index >= 15 is 0 Å². The van der Waals surface area contributed by atoms with Crippen LogP contribution in [0, 0.1) is 5.82 Å². The summed E-state index contributed by atoms with van der Waals surface area (Å²) in [6, 6.07) is 17.9. The number of anilines is 1. The fourth-order valence-electron chi connectivity index (χ4n) is 3.09. The molecule has 2 N–H and O–H groups in total. The number of fused-ring (bicyclic) bond motifs is 1. The number of aromatic nitrogens is 3. The van der Waals surface area contributed by atoms with Gasteiger partial charge in [-0.15, -0.1) is 0 Å². The lowest BCUT2D eigenvalue weighted by Gasteiger charge is -2.26. The Balaban J connectivity index is 1.48. The van der Waals surface area contributed by atoms with E-state index in [1.807, 2.05) is 42.6 Å². The highest BCUT2D eigenvalue weighted by Crippen LogP contribution is 2.24. The van der Waals surface area contributed by atoms with Gasteiger partial charge in [-0.3, -0.25) is 0 Å². The van der Waals surface area contributed by atoms with Crippen LogP contribution in [0.3, 0.4) is 0 Å². The van der Waals surface area contributed by atoms with Crippen LogP contribution >= 0.6 is 0 Å². The summed E-state index contributed by atoms with van der Waals surface area (Å²) in [6.45, 7) is 1.70. The van der Waals surface area contributed by atoms with Crippen molar-refractivity contribution in [2.75, 3.05) is 5.32 Å². The van der Waals surface area contributed by atoms with Gasteiger partial charge in [0.25, 0.3) is 0 Å². The van der Waals surface area contributed by atoms with Crippen molar-refractivity contribution in [3.63, 3.8) is 0 Å². The summed E-state index contributed by atoms with van der Waals surface area (Å²) in [5.41, 5.74) is 3.36. The van der Waals surface area contributed by atoms with E-state index in [0.29, 0.717) is 6.42 Å². The SMILES string of the molecule is CC(O)(Cc1ccc(F)cc1)Nc1ccc(-c2ccc3ncnn3c2)cc1. The maximum Gasteiger partial charge on any atom is 0.155 e. The Morgan fingerprint density at radius 2 is 1.70 bits per heavy atom. The molecule has 2 aromatic carbocycles. The normalized spacial score (nSPS) is 13.4. The molecule has 1 unspecified atom stereocenters. The number of benzene rings is 2. The monoisotopic (exact) mass is 362 g/mol. The standard InChI is InChI=1S/C21H19FN4O/c1-21(27,12-15-2-7-18(22)8-3-15)25-19-9-4-16(5-10-19)17-6-11-20-23-14-24-26(20)13-17/h2-11,13-14,25,27H,12H2,1H3. The van der Waals surface area contributed by atoms with Gasteiger partial charge in [0, 0.05) is 23.9 Å². The average molecular weight is 362 g/mol. The maximum atomic E-state index is 13.0. The molecule has 2 heterocycles. The van der Waals surface area contributed by atoms with E-state index in [0.717, 1.165) is 28.0 Å². The minimum absolute atomic E-state index is 0.286. The maximum absolute atomic E-state index is 13.0. The minimum Gasteiger partial charge on any atom is -0.371 e. The van der Waals surface area contributed by atoms with Crippen molar-refractivity contribution in [1.82, 2.24) is 14.6 Å². The number of hydrogen-bond donors (Lipinski definition) is 2. The van der Waals surface area contributed by atoms with Gasteiger partial charge < -0.3 is 10.4 Å². The molecule has 0 aliphatic heterocycles. The van der Waals surface area contributed by atoms with Crippen LogP contribution in [-0.4, -0.2) is 25.4 Å². The van der Waals surface area contributed by atoms with Gasteiger partial charge in [0.2, 0.25) is 0 Å². The number of halogens is 1. The average Bonchev–Trinajstić information content (AvgIpc) is 3.11. The second kappa shape index (κ2) is 6.81. The molecule has 0 spiro atoms. The van der Waals surface area contributed by atoms with Crippen LogP contribution in [0.15, 0.2) is 73.2 Å². The Labute approximate surface area is 156 Å². The van der Waals surface area contributed by atoms with E-state index in [1.165, 1.54) is 18.5 Å². The van der Waals surface area contributed by atoms with Crippen LogP contribution in [0.1, 0.15) is 12.5 Å². The van der Waals surface area contributed by atoms with Gasteiger partial charge in [0.1, 0.15) is 17.9 Å². The summed E-state index contributed by atoms with van der Waals surface area (Å²) in [6.07, 6.45) is 3.81. The molecule has 136 valence electrons. The highest BCUT2D eigenvalue weighted by molar-refractivity contribution is 5.66. The van der Waals surface area contributed by atoms with Gasteiger partial charge in [-0.1, -0.05) is 24.3 Å². The minimum atomic E-state index is -1.15. The van der Waals surface area contributed by atoms with E-state index in [1.54, 1.807) is 23.6 Å². The number of hydrogen-bond acceptors (Lipinski definition) is 4. The zero-order valence-electron chi connectivity index (χ0n) is 14.8. The van der Waals surface area contributed by atoms with Crippen molar-refractivity contribution in [2.45, 2.75) is 19.1 Å². The van der Waals surface area contributed by atoms with Crippen LogP contribution in [0.4, 0.5) is 10.1 Å². The molecule has 27 heavy (non-hydrogen) atoms. The number of nitrogens with one attached hydrogen (secondary N) is 1. The van der Waals surface area contributed by atoms with Gasteiger partial charge in [-0.25, -0.2) is 13.9 Å². The largest absolute Gasteiger partial charge is 0.371 e. The molecule has 4 aromatic rings. The fraction of sp³-hybridized carbons (Fsp3) is 0.143. The second-order valence-electron chi connectivity index (χ2n) is 6.76. The molecule has 0 bridgehead atoms. The molecule has 0 amide bonds. The Morgan fingerprint density at radius 1 is 1.00 bits per heavy atom. The summed E-state index contributed by atoms with van der Waals surface area (Å²) in [7, 11) is 0. The summed E-state index contributed by atoms with van der Waals surface area (Å²) in [5.74, 6) is -0.286. The van der Waals surface area contributed by atoms with Gasteiger partial charge in [-0.2, -0.15) is 5.10 Å². The van der Waals surface area contributed by atoms with E-state index < -0.39 is 5.72 Å². The summed E-state index contributed by atoms with van der Waals surface area (Å²) < 4.78 is 14.8. The first-order valence-corrected chi connectivity index (χ1v) is 8.63. The number of rotatable bonds is 5. The van der Waals surface area contributed by atoms with Crippen molar-refractivity contribution < 1.29 is 9.50 Å². The van der Waals surface area contributed by atoms with Gasteiger partial charge in [-0.05, 0) is 54.4 Å². The van der Waals surface area contributed by atoms with Crippen LogP contribution < -0.4 is 5.32 Å². The van der Waals surface area contributed by atoms with Crippen molar-refractivity contribution >= 4 is 11.3 Å². The van der Waals surface area contributed by atoms with Crippen molar-refractivity contribution in [1.29, 1.82) is 0 Å². The van der Waals surface area contributed by atoms with E-state index in [2.05, 4.69) is 15.4 Å². The molecule has 4 rings (SSSR count). The van der Waals surface area contributed by atoms with Gasteiger partial charge in [0.15, 0.2) is 5.65 Å². The molecule has 0 aliphatic carbocycles. The number of aliphatic hydroxyl groups is 1. The Bertz CT molecular complexity index is 1060. The molecule has 0 radical (unpaired) electrons. The Kier molecular flexibility index (Phi) is 4.33. The van der Waals surface area contributed by atoms with Crippen LogP contribution in [0.2, 0.25) is 0 Å². The predicted octanol–water partition coefficient (Wildman–Crippen LogP) is 3.90. The van der Waals surface area contributed by atoms with Crippen molar-refractivity contribution in [3.8, 4) is 11.1 Å². The molecule has 5 nitrogen and oxygen atoms in total. The zero-order chi connectivity index (χ0) is 18.9. The summed E-state index contributed by atoms with van der Waals surface area (Å²) in [4.78, 5) is 4.14. The summed E-state index contributed by atoms with van der Waals surface area (Å²) >= 11 is 0. The molecule has 0 saturated carbocycles. The number of pyridine rings is 1. The lowest BCUT2D eigenvalue weighted by atomic mass is 10.0. The van der Waals surface area contributed by atoms with Crippen LogP contribution in [0.25, 0.3) is 16.8 Å². The zero-order valence-corrected chi connectivity index (χ0v) is 14.8. The van der Waals surface area contributed by atoms with Gasteiger partial charge >= 0.3 is 0 Å². The van der Waals surface area contributed by atoms with E-state index in [-0.39, 0.29) is 5.82 Å². The fourth-order valence-corrected chi connectivity index (χ4v) is 3.09. The molecule has 6 heteroatoms. The van der Waals surface area contributed by atoms with Gasteiger partial charge in [0.05, 0.1) is 0 Å². The summed E-state index contributed by atoms with van der Waals surface area (Å²) in [5, 5.41) is 17.9. The Hall–Kier alpha value is -3.25. The smallest absolute Gasteiger partial charge is 0.155 e. The first-order chi connectivity index (χ1) is 13.0. The number of nitrogens with zero attached hydrogens (tertiary/aromatic N) is 3. The van der Waals surface area contributed by atoms with E-state index in [4.69, 9.17) is 0 Å². The predicted molar refractivity (Wildman–Crippen MR) is 103 cm³/mol. The molecule has 0 saturated heterocycles. The third-order valence-corrected chi connectivity index (χ3v) is 4.37. The molecular weight excluding hydrogens is 343 g/mol. The van der Waals surface area contributed by atoms with Crippen LogP contribution in [0.5, 0.6) is 0 Å². The highest BCUT2D eigenvalue weighted by atomic mass is 19.1. The van der Waals surface area contributed by atoms with Crippen LogP contribution in [-0.2, 0) is 6.42 Å². The molecule has 2 aromatic heterocycles. The molecule has 0 fully saturated rings. The third kappa shape index (κ3) is 3.96. The topological polar surface area (TPSA) is 62.5 Å². The molecular formula is C21H19FN4O. The second-order valence-corrected chi connectivity index (χ2v) is 6.76. The first kappa shape index (κ1) is 17.2. The molecule has 0 aliphatic rings. The third-order valence-electron chi connectivity index (χ3n) is 4.37. The Morgan fingerprint density at radius 3 is 2.44 bits per heavy atom. The lowest BCUT2D eigenvalue weighted by Crippen LogP contribution is -2.36. The quantitative estimate of drug-likeness (QED) is 0.529. The van der Waals surface area contributed by atoms with E-state index in [9.17, 15) is 9.50 Å². The molecule has 1 atom stereocenters.